The van der Waals surface area contributed by atoms with Gasteiger partial charge in [0, 0.05) is 10.9 Å². The predicted octanol–water partition coefficient (Wildman–Crippen LogP) is 4.47. The topological polar surface area (TPSA) is 39.2 Å². The first-order chi connectivity index (χ1) is 9.11. The molecule has 0 saturated carbocycles. The Morgan fingerprint density at radius 2 is 2.00 bits per heavy atom. The summed E-state index contributed by atoms with van der Waals surface area (Å²) in [5.74, 6) is 0.956. The Morgan fingerprint density at radius 1 is 1.21 bits per heavy atom. The van der Waals surface area contributed by atoms with Crippen molar-refractivity contribution in [2.75, 3.05) is 0 Å². The van der Waals surface area contributed by atoms with Crippen LogP contribution >= 0.6 is 11.8 Å². The van der Waals surface area contributed by atoms with Gasteiger partial charge in [-0.1, -0.05) is 13.0 Å². The fourth-order valence-electron chi connectivity index (χ4n) is 1.96. The third-order valence-corrected chi connectivity index (χ3v) is 4.79. The molecule has 0 aliphatic heterocycles. The van der Waals surface area contributed by atoms with Crippen molar-refractivity contribution < 1.29 is 4.42 Å². The molecule has 0 saturated heterocycles. The van der Waals surface area contributed by atoms with Crippen molar-refractivity contribution in [1.29, 1.82) is 0 Å². The van der Waals surface area contributed by atoms with E-state index in [0.29, 0.717) is 0 Å². The van der Waals surface area contributed by atoms with Crippen LogP contribution in [0.1, 0.15) is 35.5 Å². The summed E-state index contributed by atoms with van der Waals surface area (Å²) in [6.45, 7) is 6.38. The van der Waals surface area contributed by atoms with E-state index in [-0.39, 0.29) is 11.3 Å². The second kappa shape index (κ2) is 6.31. The molecule has 0 aliphatic carbocycles. The summed E-state index contributed by atoms with van der Waals surface area (Å²) < 4.78 is 5.54. The molecule has 2 nitrogen and oxygen atoms in total. The largest absolute Gasteiger partial charge is 0.468 e. The summed E-state index contributed by atoms with van der Waals surface area (Å²) in [6.07, 6.45) is 2.65. The van der Waals surface area contributed by atoms with Gasteiger partial charge >= 0.3 is 0 Å². The summed E-state index contributed by atoms with van der Waals surface area (Å²) >= 11 is 1.78. The lowest BCUT2D eigenvalue weighted by molar-refractivity contribution is 0.474. The molecule has 19 heavy (non-hydrogen) atoms. The minimum absolute atomic E-state index is 0.0951. The molecule has 1 aromatic carbocycles. The van der Waals surface area contributed by atoms with Crippen LogP contribution in [0.4, 0.5) is 0 Å². The number of furan rings is 1. The van der Waals surface area contributed by atoms with E-state index in [0.717, 1.165) is 12.2 Å². The Labute approximate surface area is 119 Å². The van der Waals surface area contributed by atoms with Crippen LogP contribution in [0.15, 0.2) is 45.9 Å². The van der Waals surface area contributed by atoms with Crippen molar-refractivity contribution in [2.24, 2.45) is 5.73 Å². The highest BCUT2D eigenvalue weighted by molar-refractivity contribution is 7.99. The van der Waals surface area contributed by atoms with Gasteiger partial charge in [0.05, 0.1) is 11.5 Å². The van der Waals surface area contributed by atoms with Crippen LogP contribution in [0.3, 0.4) is 0 Å². The number of nitrogens with two attached hydrogens (primary N) is 1. The lowest BCUT2D eigenvalue weighted by Crippen LogP contribution is -2.25. The van der Waals surface area contributed by atoms with Gasteiger partial charge in [0.25, 0.3) is 0 Å². The molecule has 2 unspecified atom stereocenters. The highest BCUT2D eigenvalue weighted by Crippen LogP contribution is 2.38. The third kappa shape index (κ3) is 3.43. The molecule has 0 aliphatic rings. The first kappa shape index (κ1) is 14.2. The average molecular weight is 275 g/mol. The number of benzene rings is 1. The maximum atomic E-state index is 6.24. The number of aryl methyl sites for hydroxylation is 2. The smallest absolute Gasteiger partial charge is 0.118 e. The van der Waals surface area contributed by atoms with E-state index in [1.54, 1.807) is 18.0 Å². The van der Waals surface area contributed by atoms with Gasteiger partial charge in [-0.15, -0.1) is 11.8 Å². The predicted molar refractivity (Wildman–Crippen MR) is 81.5 cm³/mol. The molecular weight excluding hydrogens is 254 g/mol. The van der Waals surface area contributed by atoms with Crippen LogP contribution in [0.25, 0.3) is 0 Å². The molecule has 102 valence electrons. The minimum atomic E-state index is 0.0951. The van der Waals surface area contributed by atoms with Crippen molar-refractivity contribution >= 4 is 11.8 Å². The second-order valence-electron chi connectivity index (χ2n) is 4.87. The lowest BCUT2D eigenvalue weighted by atomic mass is 10.1. The van der Waals surface area contributed by atoms with Crippen LogP contribution < -0.4 is 5.73 Å². The molecule has 3 heteroatoms. The highest BCUT2D eigenvalue weighted by Gasteiger charge is 2.22. The Kier molecular flexibility index (Phi) is 4.72. The molecule has 2 aromatic rings. The minimum Gasteiger partial charge on any atom is -0.468 e. The third-order valence-electron chi connectivity index (χ3n) is 3.43. The monoisotopic (exact) mass is 275 g/mol. The van der Waals surface area contributed by atoms with Gasteiger partial charge < -0.3 is 10.2 Å². The quantitative estimate of drug-likeness (QED) is 0.818. The zero-order valence-electron chi connectivity index (χ0n) is 11.7. The molecule has 1 heterocycles. The summed E-state index contributed by atoms with van der Waals surface area (Å²) in [5, 5.41) is 0.169. The average Bonchev–Trinajstić information content (AvgIpc) is 2.93. The fourth-order valence-corrected chi connectivity index (χ4v) is 3.26. The second-order valence-corrected chi connectivity index (χ2v) is 6.09. The number of thioether (sulfide) groups is 1. The molecule has 0 spiro atoms. The molecule has 1 aromatic heterocycles. The van der Waals surface area contributed by atoms with Gasteiger partial charge in [-0.25, -0.2) is 0 Å². The van der Waals surface area contributed by atoms with Crippen molar-refractivity contribution in [3.63, 3.8) is 0 Å². The van der Waals surface area contributed by atoms with Crippen molar-refractivity contribution in [3.8, 4) is 0 Å². The van der Waals surface area contributed by atoms with Crippen molar-refractivity contribution in [1.82, 2.24) is 0 Å². The molecule has 2 N–H and O–H groups in total. The van der Waals surface area contributed by atoms with E-state index in [9.17, 15) is 0 Å². The summed E-state index contributed by atoms with van der Waals surface area (Å²) in [5.41, 5.74) is 8.87. The zero-order chi connectivity index (χ0) is 13.8. The van der Waals surface area contributed by atoms with Crippen LogP contribution in [0.2, 0.25) is 0 Å². The van der Waals surface area contributed by atoms with Crippen LogP contribution in [-0.2, 0) is 0 Å². The molecule has 2 rings (SSSR count). The van der Waals surface area contributed by atoms with Gasteiger partial charge in [-0.3, -0.25) is 0 Å². The Morgan fingerprint density at radius 3 is 2.58 bits per heavy atom. The van der Waals surface area contributed by atoms with E-state index in [2.05, 4.69) is 39.0 Å². The normalized spacial score (nSPS) is 14.3. The summed E-state index contributed by atoms with van der Waals surface area (Å²) in [7, 11) is 0. The maximum Gasteiger partial charge on any atom is 0.118 e. The van der Waals surface area contributed by atoms with E-state index in [1.807, 2.05) is 12.1 Å². The number of hydrogen-bond acceptors (Lipinski definition) is 3. The highest BCUT2D eigenvalue weighted by atomic mass is 32.2. The molecule has 2 atom stereocenters. The molecular formula is C16H21NOS. The number of hydrogen-bond donors (Lipinski definition) is 1. The first-order valence-electron chi connectivity index (χ1n) is 6.64. The van der Waals surface area contributed by atoms with E-state index < -0.39 is 0 Å². The standard InChI is InChI=1S/C16H21NOS/c1-4-14(17)16(15-6-5-9-18-15)19-13-8-7-11(2)12(3)10-13/h5-10,14,16H,4,17H2,1-3H3. The van der Waals surface area contributed by atoms with Crippen LogP contribution in [-0.4, -0.2) is 6.04 Å². The number of rotatable bonds is 5. The SMILES string of the molecule is CCC(N)C(Sc1ccc(C)c(C)c1)c1ccco1. The van der Waals surface area contributed by atoms with Gasteiger partial charge in [-0.05, 0) is 55.7 Å². The zero-order valence-corrected chi connectivity index (χ0v) is 12.5. The Hall–Kier alpha value is -1.19. The van der Waals surface area contributed by atoms with E-state index in [1.165, 1.54) is 16.0 Å². The van der Waals surface area contributed by atoms with Gasteiger partial charge in [0.1, 0.15) is 5.76 Å². The molecule has 0 bridgehead atoms. The Bertz CT molecular complexity index is 522. The van der Waals surface area contributed by atoms with Crippen LogP contribution in [0.5, 0.6) is 0 Å². The lowest BCUT2D eigenvalue weighted by Gasteiger charge is -2.20. The first-order valence-corrected chi connectivity index (χ1v) is 7.52. The van der Waals surface area contributed by atoms with E-state index in [4.69, 9.17) is 10.2 Å². The molecule has 0 radical (unpaired) electrons. The van der Waals surface area contributed by atoms with E-state index >= 15 is 0 Å². The van der Waals surface area contributed by atoms with Gasteiger partial charge in [0.2, 0.25) is 0 Å². The molecule has 0 fully saturated rings. The Balaban J connectivity index is 2.23. The summed E-state index contributed by atoms with van der Waals surface area (Å²) in [4.78, 5) is 1.24. The van der Waals surface area contributed by atoms with Gasteiger partial charge in [-0.2, -0.15) is 0 Å². The van der Waals surface area contributed by atoms with Crippen LogP contribution in [0, 0.1) is 13.8 Å². The van der Waals surface area contributed by atoms with Crippen molar-refractivity contribution in [2.45, 2.75) is 43.4 Å². The van der Waals surface area contributed by atoms with Crippen molar-refractivity contribution in [3.05, 3.63) is 53.5 Å². The summed E-state index contributed by atoms with van der Waals surface area (Å²) in [6, 6.07) is 10.6. The fraction of sp³-hybridized carbons (Fsp3) is 0.375. The maximum absolute atomic E-state index is 6.24. The molecule has 0 amide bonds. The van der Waals surface area contributed by atoms with Gasteiger partial charge in [0.15, 0.2) is 0 Å².